The number of rotatable bonds is 7. The number of anilines is 1. The highest BCUT2D eigenvalue weighted by atomic mass is 35.5. The van der Waals surface area contributed by atoms with Gasteiger partial charge in [-0.25, -0.2) is 0 Å². The molecule has 0 saturated carbocycles. The first-order chi connectivity index (χ1) is 12.5. The summed E-state index contributed by atoms with van der Waals surface area (Å²) in [6.07, 6.45) is 0. The molecule has 0 aromatic heterocycles. The number of carbonyl (C=O) groups excluding carboxylic acids is 2. The molecule has 1 amide bonds. The second-order valence-corrected chi connectivity index (χ2v) is 6.90. The summed E-state index contributed by atoms with van der Waals surface area (Å²) in [6, 6.07) is 13.8. The molecule has 1 N–H and O–H groups in total. The minimum atomic E-state index is -0.491. The van der Waals surface area contributed by atoms with Crippen molar-refractivity contribution in [3.63, 3.8) is 0 Å². The fraction of sp³-hybridized carbons (Fsp3) is 0.167. The van der Waals surface area contributed by atoms with E-state index in [1.54, 1.807) is 12.1 Å². The predicted octanol–water partition coefficient (Wildman–Crippen LogP) is 4.28. The molecule has 2 aromatic carbocycles. The molecule has 0 saturated heterocycles. The minimum Gasteiger partial charge on any atom is -0.455 e. The lowest BCUT2D eigenvalue weighted by Gasteiger charge is -2.08. The Hall–Kier alpha value is -2.20. The maximum atomic E-state index is 11.8. The standard InChI is InChI=1S/C18H14Cl2N2O3S/c19-15-4-2-1-3-13(15)10-26-11-18(24)25-9-17(23)22-14-6-5-12(8-21)16(20)7-14/h1-7H,9-11H2,(H,22,23). The van der Waals surface area contributed by atoms with Crippen LogP contribution in [0.2, 0.25) is 10.0 Å². The van der Waals surface area contributed by atoms with Crippen molar-refractivity contribution in [2.75, 3.05) is 17.7 Å². The number of hydrogen-bond donors (Lipinski definition) is 1. The Kier molecular flexibility index (Phi) is 7.79. The Balaban J connectivity index is 1.71. The number of carbonyl (C=O) groups is 2. The Morgan fingerprint density at radius 2 is 1.92 bits per heavy atom. The molecule has 0 fully saturated rings. The molecule has 0 aliphatic heterocycles. The van der Waals surface area contributed by atoms with Gasteiger partial charge in [0.25, 0.3) is 5.91 Å². The van der Waals surface area contributed by atoms with E-state index in [4.69, 9.17) is 33.2 Å². The van der Waals surface area contributed by atoms with E-state index in [1.807, 2.05) is 24.3 Å². The van der Waals surface area contributed by atoms with Gasteiger partial charge in [0.1, 0.15) is 6.07 Å². The number of thioether (sulfide) groups is 1. The quantitative estimate of drug-likeness (QED) is 0.691. The molecule has 26 heavy (non-hydrogen) atoms. The summed E-state index contributed by atoms with van der Waals surface area (Å²) < 4.78 is 4.93. The van der Waals surface area contributed by atoms with Gasteiger partial charge < -0.3 is 10.1 Å². The Morgan fingerprint density at radius 1 is 1.15 bits per heavy atom. The van der Waals surface area contributed by atoms with E-state index in [2.05, 4.69) is 5.32 Å². The summed E-state index contributed by atoms with van der Waals surface area (Å²) in [5.41, 5.74) is 1.66. The Morgan fingerprint density at radius 3 is 2.62 bits per heavy atom. The lowest BCUT2D eigenvalue weighted by Crippen LogP contribution is -2.21. The molecule has 0 heterocycles. The minimum absolute atomic E-state index is 0.112. The van der Waals surface area contributed by atoms with Crippen LogP contribution in [0.15, 0.2) is 42.5 Å². The van der Waals surface area contributed by atoms with Crippen LogP contribution in [0.1, 0.15) is 11.1 Å². The highest BCUT2D eigenvalue weighted by Crippen LogP contribution is 2.21. The average molecular weight is 409 g/mol. The lowest BCUT2D eigenvalue weighted by atomic mass is 10.2. The van der Waals surface area contributed by atoms with E-state index >= 15 is 0 Å². The van der Waals surface area contributed by atoms with Crippen LogP contribution in [0.4, 0.5) is 5.69 Å². The number of hydrogen-bond acceptors (Lipinski definition) is 5. The first-order valence-electron chi connectivity index (χ1n) is 7.46. The van der Waals surface area contributed by atoms with Crippen LogP contribution >= 0.6 is 35.0 Å². The smallest absolute Gasteiger partial charge is 0.316 e. The maximum Gasteiger partial charge on any atom is 0.316 e. The van der Waals surface area contributed by atoms with Crippen molar-refractivity contribution in [2.45, 2.75) is 5.75 Å². The van der Waals surface area contributed by atoms with Crippen molar-refractivity contribution in [1.82, 2.24) is 0 Å². The van der Waals surface area contributed by atoms with Crippen LogP contribution in [0, 0.1) is 11.3 Å². The van der Waals surface area contributed by atoms with Crippen molar-refractivity contribution in [3.8, 4) is 6.07 Å². The molecule has 2 aromatic rings. The molecular formula is C18H14Cl2N2O3S. The van der Waals surface area contributed by atoms with Gasteiger partial charge >= 0.3 is 5.97 Å². The topological polar surface area (TPSA) is 79.2 Å². The zero-order valence-corrected chi connectivity index (χ0v) is 15.8. The van der Waals surface area contributed by atoms with Crippen LogP contribution < -0.4 is 5.32 Å². The fourth-order valence-electron chi connectivity index (χ4n) is 1.93. The van der Waals surface area contributed by atoms with Gasteiger partial charge in [-0.05, 0) is 29.8 Å². The van der Waals surface area contributed by atoms with Gasteiger partial charge in [-0.2, -0.15) is 5.26 Å². The summed E-state index contributed by atoms with van der Waals surface area (Å²) in [5.74, 6) is -0.295. The van der Waals surface area contributed by atoms with E-state index < -0.39 is 18.5 Å². The maximum absolute atomic E-state index is 11.8. The molecular weight excluding hydrogens is 395 g/mol. The van der Waals surface area contributed by atoms with Gasteiger partial charge in [-0.15, -0.1) is 11.8 Å². The number of nitriles is 1. The molecule has 0 unspecified atom stereocenters. The van der Waals surface area contributed by atoms with E-state index in [9.17, 15) is 9.59 Å². The van der Waals surface area contributed by atoms with Gasteiger partial charge in [-0.1, -0.05) is 41.4 Å². The summed E-state index contributed by atoms with van der Waals surface area (Å²) in [5, 5.41) is 12.2. The van der Waals surface area contributed by atoms with Gasteiger partial charge in [0.05, 0.1) is 16.3 Å². The first-order valence-corrected chi connectivity index (χ1v) is 9.37. The molecule has 134 valence electrons. The molecule has 0 aliphatic rings. The van der Waals surface area contributed by atoms with Crippen molar-refractivity contribution >= 4 is 52.5 Å². The van der Waals surface area contributed by atoms with Crippen LogP contribution in [-0.2, 0) is 20.1 Å². The molecule has 0 radical (unpaired) electrons. The third kappa shape index (κ3) is 6.26. The number of ether oxygens (including phenoxy) is 1. The summed E-state index contributed by atoms with van der Waals surface area (Å²) in [7, 11) is 0. The molecule has 5 nitrogen and oxygen atoms in total. The van der Waals surface area contributed by atoms with Crippen molar-refractivity contribution in [2.24, 2.45) is 0 Å². The Bertz CT molecular complexity index is 853. The number of benzene rings is 2. The molecule has 2 rings (SSSR count). The van der Waals surface area contributed by atoms with Gasteiger partial charge in [0.15, 0.2) is 6.61 Å². The molecule has 0 atom stereocenters. The van der Waals surface area contributed by atoms with Gasteiger partial charge in [0, 0.05) is 16.5 Å². The lowest BCUT2D eigenvalue weighted by molar-refractivity contribution is -0.144. The summed E-state index contributed by atoms with van der Waals surface area (Å²) in [6.45, 7) is -0.400. The van der Waals surface area contributed by atoms with Crippen LogP contribution in [0.3, 0.4) is 0 Å². The number of nitrogens with one attached hydrogen (secondary N) is 1. The van der Waals surface area contributed by atoms with Gasteiger partial charge in [-0.3, -0.25) is 9.59 Å². The number of esters is 1. The van der Waals surface area contributed by atoms with Crippen LogP contribution in [0.25, 0.3) is 0 Å². The fourth-order valence-corrected chi connectivity index (χ4v) is 3.26. The molecule has 8 heteroatoms. The normalized spacial score (nSPS) is 10.0. The van der Waals surface area contributed by atoms with E-state index in [-0.39, 0.29) is 10.8 Å². The zero-order chi connectivity index (χ0) is 18.9. The average Bonchev–Trinajstić information content (AvgIpc) is 2.62. The SMILES string of the molecule is N#Cc1ccc(NC(=O)COC(=O)CSCc2ccccc2Cl)cc1Cl. The second kappa shape index (κ2) is 10.1. The van der Waals surface area contributed by atoms with E-state index in [1.165, 1.54) is 23.9 Å². The van der Waals surface area contributed by atoms with Crippen LogP contribution in [0.5, 0.6) is 0 Å². The highest BCUT2D eigenvalue weighted by molar-refractivity contribution is 7.99. The first kappa shape index (κ1) is 20.1. The number of halogens is 2. The van der Waals surface area contributed by atoms with E-state index in [0.29, 0.717) is 22.0 Å². The third-order valence-electron chi connectivity index (χ3n) is 3.17. The highest BCUT2D eigenvalue weighted by Gasteiger charge is 2.10. The van der Waals surface area contributed by atoms with Crippen LogP contribution in [-0.4, -0.2) is 24.2 Å². The molecule has 0 spiro atoms. The second-order valence-electron chi connectivity index (χ2n) is 5.10. The van der Waals surface area contributed by atoms with Crippen molar-refractivity contribution < 1.29 is 14.3 Å². The van der Waals surface area contributed by atoms with E-state index in [0.717, 1.165) is 5.56 Å². The van der Waals surface area contributed by atoms with Crippen molar-refractivity contribution in [3.05, 3.63) is 63.6 Å². The zero-order valence-electron chi connectivity index (χ0n) is 13.5. The number of amides is 1. The van der Waals surface area contributed by atoms with Crippen molar-refractivity contribution in [1.29, 1.82) is 5.26 Å². The molecule has 0 bridgehead atoms. The monoisotopic (exact) mass is 408 g/mol. The largest absolute Gasteiger partial charge is 0.455 e. The summed E-state index contributed by atoms with van der Waals surface area (Å²) in [4.78, 5) is 23.5. The van der Waals surface area contributed by atoms with Gasteiger partial charge in [0.2, 0.25) is 0 Å². The molecule has 0 aliphatic carbocycles. The summed E-state index contributed by atoms with van der Waals surface area (Å²) >= 11 is 13.3. The number of nitrogens with zero attached hydrogens (tertiary/aromatic N) is 1. The third-order valence-corrected chi connectivity index (χ3v) is 4.81. The predicted molar refractivity (Wildman–Crippen MR) is 103 cm³/mol. The Labute approximate surface area is 165 Å².